The normalized spacial score (nSPS) is 17.5. The summed E-state index contributed by atoms with van der Waals surface area (Å²) in [6.45, 7) is 2.19. The number of nitrogens with one attached hydrogen (secondary N) is 1. The van der Waals surface area contributed by atoms with Gasteiger partial charge in [0.2, 0.25) is 15.9 Å². The Hall–Kier alpha value is -2.71. The molecule has 1 amide bonds. The van der Waals surface area contributed by atoms with E-state index in [0.29, 0.717) is 0 Å². The highest BCUT2D eigenvalue weighted by molar-refractivity contribution is 7.89. The molecule has 3 rings (SSSR count). The topological polar surface area (TPSA) is 104 Å². The summed E-state index contributed by atoms with van der Waals surface area (Å²) in [7, 11) is -3.84. The molecule has 0 aromatic heterocycles. The van der Waals surface area contributed by atoms with Gasteiger partial charge in [0.1, 0.15) is 0 Å². The van der Waals surface area contributed by atoms with Crippen LogP contribution in [0.3, 0.4) is 0 Å². The lowest BCUT2D eigenvalue weighted by atomic mass is 10.2. The number of aromatic carboxylic acids is 1. The Morgan fingerprint density at radius 1 is 1.12 bits per heavy atom. The molecule has 1 unspecified atom stereocenters. The van der Waals surface area contributed by atoms with Gasteiger partial charge in [-0.3, -0.25) is 4.79 Å². The van der Waals surface area contributed by atoms with Crippen molar-refractivity contribution in [3.63, 3.8) is 0 Å². The smallest absolute Gasteiger partial charge is 0.335 e. The van der Waals surface area contributed by atoms with E-state index in [1.165, 1.54) is 24.3 Å². The van der Waals surface area contributed by atoms with Crippen LogP contribution in [0.2, 0.25) is 0 Å². The molecule has 26 heavy (non-hydrogen) atoms. The molecule has 0 radical (unpaired) electrons. The number of aryl methyl sites for hydroxylation is 1. The number of carbonyl (C=O) groups is 2. The van der Waals surface area contributed by atoms with E-state index >= 15 is 0 Å². The molecule has 2 aromatic carbocycles. The van der Waals surface area contributed by atoms with Crippen LogP contribution >= 0.6 is 0 Å². The predicted molar refractivity (Wildman–Crippen MR) is 95.7 cm³/mol. The van der Waals surface area contributed by atoms with Gasteiger partial charge in [-0.25, -0.2) is 17.9 Å². The molecular formula is C18H18N2O5S. The Morgan fingerprint density at radius 2 is 1.73 bits per heavy atom. The van der Waals surface area contributed by atoms with E-state index < -0.39 is 22.0 Å². The molecule has 1 atom stereocenters. The summed E-state index contributed by atoms with van der Waals surface area (Å²) in [5.41, 5.74) is 1.81. The number of sulfonamides is 1. The molecule has 136 valence electrons. The van der Waals surface area contributed by atoms with Gasteiger partial charge >= 0.3 is 5.97 Å². The zero-order valence-electron chi connectivity index (χ0n) is 14.0. The molecule has 0 aliphatic carbocycles. The maximum atomic E-state index is 12.5. The molecule has 8 heteroatoms. The van der Waals surface area contributed by atoms with Crippen molar-refractivity contribution in [3.05, 3.63) is 59.7 Å². The van der Waals surface area contributed by atoms with Gasteiger partial charge in [-0.15, -0.1) is 0 Å². The third-order valence-corrected chi connectivity index (χ3v) is 5.74. The van der Waals surface area contributed by atoms with Crippen molar-refractivity contribution in [3.8, 4) is 0 Å². The molecule has 0 spiro atoms. The number of benzene rings is 2. The zero-order chi connectivity index (χ0) is 18.9. The summed E-state index contributed by atoms with van der Waals surface area (Å²) in [5.74, 6) is -1.28. The highest BCUT2D eigenvalue weighted by Crippen LogP contribution is 2.23. The fraction of sp³-hybridized carbons (Fsp3) is 0.222. The summed E-state index contributed by atoms with van der Waals surface area (Å²) in [4.78, 5) is 24.6. The molecule has 1 aliphatic heterocycles. The first kappa shape index (κ1) is 18.1. The third-order valence-electron chi connectivity index (χ3n) is 4.20. The largest absolute Gasteiger partial charge is 0.478 e. The number of carboxylic acids is 1. The number of hydrogen-bond acceptors (Lipinski definition) is 4. The number of hydrogen-bond donors (Lipinski definition) is 2. The van der Waals surface area contributed by atoms with Crippen LogP contribution in [0.1, 0.15) is 22.3 Å². The van der Waals surface area contributed by atoms with Crippen molar-refractivity contribution >= 4 is 27.6 Å². The van der Waals surface area contributed by atoms with Gasteiger partial charge in [0, 0.05) is 24.7 Å². The summed E-state index contributed by atoms with van der Waals surface area (Å²) in [6.07, 6.45) is 0.0698. The second-order valence-corrected chi connectivity index (χ2v) is 7.91. The number of nitrogens with zero attached hydrogens (tertiary/aromatic N) is 1. The first-order valence-corrected chi connectivity index (χ1v) is 9.47. The number of carboxylic acid groups (broad SMARTS) is 1. The summed E-state index contributed by atoms with van der Waals surface area (Å²) in [5, 5.41) is 8.88. The van der Waals surface area contributed by atoms with E-state index in [4.69, 9.17) is 5.11 Å². The Labute approximate surface area is 151 Å². The summed E-state index contributed by atoms with van der Waals surface area (Å²) < 4.78 is 27.5. The molecule has 0 saturated carbocycles. The monoisotopic (exact) mass is 374 g/mol. The number of carbonyl (C=O) groups excluding carboxylic acids is 1. The molecule has 2 N–H and O–H groups in total. The van der Waals surface area contributed by atoms with Crippen LogP contribution in [0.25, 0.3) is 0 Å². The van der Waals surface area contributed by atoms with Gasteiger partial charge in [-0.1, -0.05) is 17.7 Å². The minimum absolute atomic E-state index is 0.00513. The van der Waals surface area contributed by atoms with Crippen LogP contribution in [0.15, 0.2) is 53.4 Å². The van der Waals surface area contributed by atoms with Gasteiger partial charge in [0.15, 0.2) is 0 Å². The maximum Gasteiger partial charge on any atom is 0.335 e. The lowest BCUT2D eigenvalue weighted by Crippen LogP contribution is -2.37. The van der Waals surface area contributed by atoms with Crippen LogP contribution in [0.4, 0.5) is 5.69 Å². The summed E-state index contributed by atoms with van der Waals surface area (Å²) >= 11 is 0. The fourth-order valence-electron chi connectivity index (χ4n) is 2.82. The Bertz CT molecular complexity index is 937. The first-order chi connectivity index (χ1) is 12.3. The van der Waals surface area contributed by atoms with Gasteiger partial charge in [-0.05, 0) is 43.3 Å². The molecule has 1 saturated heterocycles. The average molecular weight is 374 g/mol. The summed E-state index contributed by atoms with van der Waals surface area (Å²) in [6, 6.07) is 11.8. The minimum Gasteiger partial charge on any atom is -0.478 e. The van der Waals surface area contributed by atoms with Crippen molar-refractivity contribution in [2.75, 3.05) is 11.4 Å². The van der Waals surface area contributed by atoms with Crippen LogP contribution in [0.5, 0.6) is 0 Å². The lowest BCUT2D eigenvalue weighted by molar-refractivity contribution is -0.117. The maximum absolute atomic E-state index is 12.5. The van der Waals surface area contributed by atoms with Crippen LogP contribution in [-0.4, -0.2) is 38.0 Å². The van der Waals surface area contributed by atoms with Gasteiger partial charge in [-0.2, -0.15) is 0 Å². The second-order valence-electron chi connectivity index (χ2n) is 6.19. The SMILES string of the molecule is Cc1ccc(N2CC(NS(=O)(=O)c3ccc(C(=O)O)cc3)CC2=O)cc1. The van der Waals surface area contributed by atoms with E-state index in [9.17, 15) is 18.0 Å². The van der Waals surface area contributed by atoms with Crippen LogP contribution in [-0.2, 0) is 14.8 Å². The van der Waals surface area contributed by atoms with E-state index in [0.717, 1.165) is 11.3 Å². The molecule has 1 heterocycles. The van der Waals surface area contributed by atoms with E-state index in [2.05, 4.69) is 4.72 Å². The molecular weight excluding hydrogens is 356 g/mol. The Kier molecular flexibility index (Phi) is 4.80. The minimum atomic E-state index is -3.84. The van der Waals surface area contributed by atoms with Crippen molar-refractivity contribution in [2.24, 2.45) is 0 Å². The highest BCUT2D eigenvalue weighted by Gasteiger charge is 2.33. The lowest BCUT2D eigenvalue weighted by Gasteiger charge is -2.17. The molecule has 1 fully saturated rings. The molecule has 0 bridgehead atoms. The predicted octanol–water partition coefficient (Wildman–Crippen LogP) is 1.78. The number of anilines is 1. The average Bonchev–Trinajstić information content (AvgIpc) is 2.95. The van der Waals surface area contributed by atoms with Crippen molar-refractivity contribution in [1.82, 2.24) is 4.72 Å². The Balaban J connectivity index is 1.73. The van der Waals surface area contributed by atoms with Gasteiger partial charge in [0.05, 0.1) is 10.5 Å². The fourth-order valence-corrected chi connectivity index (χ4v) is 4.05. The van der Waals surface area contributed by atoms with Crippen LogP contribution in [0, 0.1) is 6.92 Å². The quantitative estimate of drug-likeness (QED) is 0.830. The van der Waals surface area contributed by atoms with Gasteiger partial charge in [0.25, 0.3) is 0 Å². The number of rotatable bonds is 5. The first-order valence-electron chi connectivity index (χ1n) is 7.99. The molecule has 1 aliphatic rings. The molecule has 2 aromatic rings. The Morgan fingerprint density at radius 3 is 2.31 bits per heavy atom. The van der Waals surface area contributed by atoms with E-state index in [-0.39, 0.29) is 29.3 Å². The molecule has 7 nitrogen and oxygen atoms in total. The van der Waals surface area contributed by atoms with E-state index in [1.807, 2.05) is 31.2 Å². The van der Waals surface area contributed by atoms with Crippen molar-refractivity contribution < 1.29 is 23.1 Å². The third kappa shape index (κ3) is 3.76. The zero-order valence-corrected chi connectivity index (χ0v) is 14.9. The van der Waals surface area contributed by atoms with Crippen molar-refractivity contribution in [2.45, 2.75) is 24.3 Å². The second kappa shape index (κ2) is 6.89. The van der Waals surface area contributed by atoms with Crippen molar-refractivity contribution in [1.29, 1.82) is 0 Å². The standard InChI is InChI=1S/C18H18N2O5S/c1-12-2-6-15(7-3-12)20-11-14(10-17(20)21)19-26(24,25)16-8-4-13(5-9-16)18(22)23/h2-9,14,19H,10-11H2,1H3,(H,22,23). The number of amides is 1. The van der Waals surface area contributed by atoms with Crippen LogP contribution < -0.4 is 9.62 Å². The highest BCUT2D eigenvalue weighted by atomic mass is 32.2. The van der Waals surface area contributed by atoms with E-state index in [1.54, 1.807) is 4.90 Å². The van der Waals surface area contributed by atoms with Gasteiger partial charge < -0.3 is 10.0 Å².